The lowest BCUT2D eigenvalue weighted by atomic mass is 9.85. The molecule has 2 unspecified atom stereocenters. The molecule has 1 fully saturated rings. The van der Waals surface area contributed by atoms with E-state index in [-0.39, 0.29) is 0 Å². The van der Waals surface area contributed by atoms with Crippen molar-refractivity contribution in [2.75, 3.05) is 0 Å². The summed E-state index contributed by atoms with van der Waals surface area (Å²) in [6.45, 7) is 2.94. The Morgan fingerprint density at radius 3 is 2.72 bits per heavy atom. The number of benzene rings is 1. The van der Waals surface area contributed by atoms with Gasteiger partial charge in [0.1, 0.15) is 0 Å². The predicted octanol–water partition coefficient (Wildman–Crippen LogP) is 4.04. The van der Waals surface area contributed by atoms with Crippen molar-refractivity contribution in [3.05, 3.63) is 35.4 Å². The van der Waals surface area contributed by atoms with E-state index in [4.69, 9.17) is 10.00 Å². The Bertz CT molecular complexity index is 404. The molecule has 1 aromatic carbocycles. The van der Waals surface area contributed by atoms with Gasteiger partial charge in [0, 0.05) is 0 Å². The third kappa shape index (κ3) is 3.58. The Kier molecular flexibility index (Phi) is 4.78. The Morgan fingerprint density at radius 1 is 1.28 bits per heavy atom. The molecular weight excluding hydrogens is 222 g/mol. The minimum atomic E-state index is 0.430. The second-order valence-corrected chi connectivity index (χ2v) is 5.18. The van der Waals surface area contributed by atoms with Gasteiger partial charge in [-0.1, -0.05) is 38.3 Å². The number of hydrogen-bond acceptors (Lipinski definition) is 2. The van der Waals surface area contributed by atoms with Crippen molar-refractivity contribution in [3.63, 3.8) is 0 Å². The lowest BCUT2D eigenvalue weighted by Crippen LogP contribution is -2.22. The fourth-order valence-corrected chi connectivity index (χ4v) is 2.65. The Labute approximate surface area is 110 Å². The molecule has 0 N–H and O–H groups in total. The molecule has 0 aliphatic heterocycles. The van der Waals surface area contributed by atoms with Crippen LogP contribution in [0.5, 0.6) is 0 Å². The van der Waals surface area contributed by atoms with Gasteiger partial charge in [0.05, 0.1) is 24.3 Å². The van der Waals surface area contributed by atoms with E-state index in [1.54, 1.807) is 0 Å². The van der Waals surface area contributed by atoms with Gasteiger partial charge in [-0.05, 0) is 36.5 Å². The molecule has 0 heterocycles. The molecule has 0 spiro atoms. The van der Waals surface area contributed by atoms with Crippen molar-refractivity contribution in [3.8, 4) is 6.07 Å². The van der Waals surface area contributed by atoms with Crippen LogP contribution in [0, 0.1) is 17.2 Å². The van der Waals surface area contributed by atoms with Crippen LogP contribution < -0.4 is 0 Å². The van der Waals surface area contributed by atoms with Crippen molar-refractivity contribution in [1.82, 2.24) is 0 Å². The van der Waals surface area contributed by atoms with Crippen LogP contribution in [0.2, 0.25) is 0 Å². The highest BCUT2D eigenvalue weighted by Gasteiger charge is 2.20. The summed E-state index contributed by atoms with van der Waals surface area (Å²) in [4.78, 5) is 0. The SMILES string of the molecule is CCC1CCCC(OCc2ccc(C#N)cc2)C1. The zero-order chi connectivity index (χ0) is 12.8. The minimum absolute atomic E-state index is 0.430. The van der Waals surface area contributed by atoms with Crippen LogP contribution in [0.4, 0.5) is 0 Å². The van der Waals surface area contributed by atoms with Crippen LogP contribution in [0.25, 0.3) is 0 Å². The van der Waals surface area contributed by atoms with E-state index in [2.05, 4.69) is 13.0 Å². The Morgan fingerprint density at radius 2 is 2.06 bits per heavy atom. The van der Waals surface area contributed by atoms with Gasteiger partial charge in [0.25, 0.3) is 0 Å². The van der Waals surface area contributed by atoms with Crippen molar-refractivity contribution >= 4 is 0 Å². The maximum atomic E-state index is 8.74. The maximum absolute atomic E-state index is 8.74. The van der Waals surface area contributed by atoms with E-state index < -0.39 is 0 Å². The first-order valence-electron chi connectivity index (χ1n) is 6.92. The molecule has 2 heteroatoms. The Hall–Kier alpha value is -1.33. The molecular formula is C16H21NO. The molecule has 18 heavy (non-hydrogen) atoms. The molecule has 1 aliphatic carbocycles. The van der Waals surface area contributed by atoms with Crippen LogP contribution in [0.15, 0.2) is 24.3 Å². The third-order valence-corrected chi connectivity index (χ3v) is 3.88. The fourth-order valence-electron chi connectivity index (χ4n) is 2.65. The summed E-state index contributed by atoms with van der Waals surface area (Å²) < 4.78 is 5.99. The lowest BCUT2D eigenvalue weighted by molar-refractivity contribution is 0.00177. The number of rotatable bonds is 4. The summed E-state index contributed by atoms with van der Waals surface area (Å²) >= 11 is 0. The molecule has 0 aromatic heterocycles. The van der Waals surface area contributed by atoms with Gasteiger partial charge in [0.15, 0.2) is 0 Å². The highest BCUT2D eigenvalue weighted by molar-refractivity contribution is 5.31. The van der Waals surface area contributed by atoms with Crippen LogP contribution in [0.1, 0.15) is 50.2 Å². The molecule has 2 nitrogen and oxygen atoms in total. The minimum Gasteiger partial charge on any atom is -0.374 e. The first kappa shape index (κ1) is 13.1. The highest BCUT2D eigenvalue weighted by atomic mass is 16.5. The quantitative estimate of drug-likeness (QED) is 0.799. The molecule has 1 aromatic rings. The van der Waals surface area contributed by atoms with Gasteiger partial charge < -0.3 is 4.74 Å². The third-order valence-electron chi connectivity index (χ3n) is 3.88. The van der Waals surface area contributed by atoms with Gasteiger partial charge in [-0.3, -0.25) is 0 Å². The van der Waals surface area contributed by atoms with Gasteiger partial charge in [-0.15, -0.1) is 0 Å². The zero-order valence-corrected chi connectivity index (χ0v) is 11.1. The summed E-state index contributed by atoms with van der Waals surface area (Å²) in [6.07, 6.45) is 6.79. The van der Waals surface area contributed by atoms with Crippen molar-refractivity contribution < 1.29 is 4.74 Å². The number of hydrogen-bond donors (Lipinski definition) is 0. The monoisotopic (exact) mass is 243 g/mol. The summed E-state index contributed by atoms with van der Waals surface area (Å²) in [5, 5.41) is 8.74. The van der Waals surface area contributed by atoms with Crippen LogP contribution in [0.3, 0.4) is 0 Å². The normalized spacial score (nSPS) is 23.6. The van der Waals surface area contributed by atoms with Crippen LogP contribution in [-0.2, 0) is 11.3 Å². The molecule has 0 amide bonds. The Balaban J connectivity index is 1.81. The summed E-state index contributed by atoms with van der Waals surface area (Å²) in [7, 11) is 0. The standard InChI is InChI=1S/C16H21NO/c1-2-13-4-3-5-16(10-13)18-12-15-8-6-14(11-17)7-9-15/h6-9,13,16H,2-5,10,12H2,1H3. The lowest BCUT2D eigenvalue weighted by Gasteiger charge is -2.28. The zero-order valence-electron chi connectivity index (χ0n) is 11.1. The highest BCUT2D eigenvalue weighted by Crippen LogP contribution is 2.28. The molecule has 2 atom stereocenters. The molecule has 0 radical (unpaired) electrons. The van der Waals surface area contributed by atoms with Gasteiger partial charge in [0.2, 0.25) is 0 Å². The molecule has 0 bridgehead atoms. The average molecular weight is 243 g/mol. The van der Waals surface area contributed by atoms with Crippen molar-refractivity contribution in [2.45, 2.75) is 51.7 Å². The predicted molar refractivity (Wildman–Crippen MR) is 72.0 cm³/mol. The van der Waals surface area contributed by atoms with Crippen LogP contribution in [-0.4, -0.2) is 6.10 Å². The first-order chi connectivity index (χ1) is 8.81. The van der Waals surface area contributed by atoms with E-state index in [0.717, 1.165) is 11.5 Å². The average Bonchev–Trinajstić information content (AvgIpc) is 2.46. The topological polar surface area (TPSA) is 33.0 Å². The number of nitriles is 1. The smallest absolute Gasteiger partial charge is 0.0991 e. The van der Waals surface area contributed by atoms with Crippen LogP contribution >= 0.6 is 0 Å². The molecule has 1 saturated carbocycles. The molecule has 96 valence electrons. The first-order valence-corrected chi connectivity index (χ1v) is 6.92. The van der Waals surface area contributed by atoms with Crippen molar-refractivity contribution in [2.24, 2.45) is 5.92 Å². The van der Waals surface area contributed by atoms with Gasteiger partial charge >= 0.3 is 0 Å². The summed E-state index contributed by atoms with van der Waals surface area (Å²) in [6, 6.07) is 9.81. The van der Waals surface area contributed by atoms with Gasteiger partial charge in [-0.25, -0.2) is 0 Å². The second-order valence-electron chi connectivity index (χ2n) is 5.18. The fraction of sp³-hybridized carbons (Fsp3) is 0.562. The van der Waals surface area contributed by atoms with E-state index in [1.807, 2.05) is 24.3 Å². The van der Waals surface area contributed by atoms with E-state index in [0.29, 0.717) is 18.3 Å². The molecule has 0 saturated heterocycles. The van der Waals surface area contributed by atoms with Gasteiger partial charge in [-0.2, -0.15) is 5.26 Å². The number of nitrogens with zero attached hydrogens (tertiary/aromatic N) is 1. The maximum Gasteiger partial charge on any atom is 0.0991 e. The number of ether oxygens (including phenoxy) is 1. The van der Waals surface area contributed by atoms with E-state index in [1.165, 1.54) is 32.1 Å². The largest absolute Gasteiger partial charge is 0.374 e. The molecule has 2 rings (SSSR count). The summed E-state index contributed by atoms with van der Waals surface area (Å²) in [5.41, 5.74) is 1.87. The van der Waals surface area contributed by atoms with E-state index in [9.17, 15) is 0 Å². The van der Waals surface area contributed by atoms with Crippen molar-refractivity contribution in [1.29, 1.82) is 5.26 Å². The van der Waals surface area contributed by atoms with E-state index >= 15 is 0 Å². The second kappa shape index (κ2) is 6.56. The summed E-state index contributed by atoms with van der Waals surface area (Å²) in [5.74, 6) is 0.852. The molecule has 1 aliphatic rings.